The fraction of sp³-hybridized carbons (Fsp3) is 0.381. The quantitative estimate of drug-likeness (QED) is 0.458. The van der Waals surface area contributed by atoms with Gasteiger partial charge in [0, 0.05) is 30.8 Å². The van der Waals surface area contributed by atoms with Crippen molar-refractivity contribution in [1.82, 2.24) is 15.6 Å². The van der Waals surface area contributed by atoms with Crippen molar-refractivity contribution in [1.29, 1.82) is 0 Å². The summed E-state index contributed by atoms with van der Waals surface area (Å²) in [4.78, 5) is 21.0. The molecule has 7 heteroatoms. The number of hydrogen-bond acceptors (Lipinski definition) is 4. The van der Waals surface area contributed by atoms with Crippen LogP contribution in [0.25, 0.3) is 0 Å². The van der Waals surface area contributed by atoms with Crippen molar-refractivity contribution in [3.63, 3.8) is 0 Å². The van der Waals surface area contributed by atoms with E-state index in [1.165, 1.54) is 0 Å². The van der Waals surface area contributed by atoms with Gasteiger partial charge in [0.25, 0.3) is 0 Å². The monoisotopic (exact) mass is 383 g/mol. The molecule has 28 heavy (non-hydrogen) atoms. The Morgan fingerprint density at radius 1 is 1.11 bits per heavy atom. The maximum atomic E-state index is 12.1. The lowest BCUT2D eigenvalue weighted by molar-refractivity contribution is -0.116. The minimum absolute atomic E-state index is 0.0943. The lowest BCUT2D eigenvalue weighted by Crippen LogP contribution is -2.38. The first-order valence-corrected chi connectivity index (χ1v) is 9.58. The molecule has 1 amide bonds. The predicted octanol–water partition coefficient (Wildman–Crippen LogP) is 2.87. The first-order valence-electron chi connectivity index (χ1n) is 9.58. The molecule has 0 saturated heterocycles. The molecule has 1 aromatic carbocycles. The first-order chi connectivity index (χ1) is 13.6. The van der Waals surface area contributed by atoms with E-state index in [0.29, 0.717) is 37.9 Å². The van der Waals surface area contributed by atoms with Gasteiger partial charge in [0.2, 0.25) is 5.91 Å². The van der Waals surface area contributed by atoms with E-state index in [0.717, 1.165) is 23.6 Å². The summed E-state index contributed by atoms with van der Waals surface area (Å²) >= 11 is 0. The molecule has 7 nitrogen and oxygen atoms in total. The summed E-state index contributed by atoms with van der Waals surface area (Å²) in [6, 6.07) is 13.4. The van der Waals surface area contributed by atoms with Gasteiger partial charge >= 0.3 is 0 Å². The number of benzene rings is 1. The van der Waals surface area contributed by atoms with Crippen LogP contribution in [0.15, 0.2) is 47.5 Å². The maximum Gasteiger partial charge on any atom is 0.227 e. The third kappa shape index (κ3) is 7.26. The van der Waals surface area contributed by atoms with E-state index in [4.69, 9.17) is 4.74 Å². The Morgan fingerprint density at radius 3 is 2.68 bits per heavy atom. The zero-order chi connectivity index (χ0) is 20.2. The molecule has 1 heterocycles. The van der Waals surface area contributed by atoms with Gasteiger partial charge in [0.15, 0.2) is 5.96 Å². The minimum Gasteiger partial charge on any atom is -0.494 e. The van der Waals surface area contributed by atoms with Crippen molar-refractivity contribution in [3.05, 3.63) is 53.7 Å². The Bertz CT molecular complexity index is 792. The summed E-state index contributed by atoms with van der Waals surface area (Å²) in [6.45, 7) is 8.16. The number of amides is 1. The average Bonchev–Trinajstić information content (AvgIpc) is 2.67. The summed E-state index contributed by atoms with van der Waals surface area (Å²) in [5.74, 6) is 1.98. The van der Waals surface area contributed by atoms with Crippen molar-refractivity contribution in [2.45, 2.75) is 33.7 Å². The van der Waals surface area contributed by atoms with Crippen LogP contribution in [0.5, 0.6) is 5.75 Å². The topological polar surface area (TPSA) is 87.6 Å². The summed E-state index contributed by atoms with van der Waals surface area (Å²) in [5, 5.41) is 9.18. The number of carbonyl (C=O) groups excluding carboxylic acids is 1. The van der Waals surface area contributed by atoms with Crippen LogP contribution in [0.3, 0.4) is 0 Å². The smallest absolute Gasteiger partial charge is 0.227 e. The van der Waals surface area contributed by atoms with Crippen LogP contribution in [-0.4, -0.2) is 36.5 Å². The molecular formula is C21H29N5O2. The molecule has 2 rings (SSSR count). The van der Waals surface area contributed by atoms with Gasteiger partial charge in [0.05, 0.1) is 13.2 Å². The Morgan fingerprint density at radius 2 is 1.93 bits per heavy atom. The minimum atomic E-state index is -0.0943. The number of ether oxygens (including phenoxy) is 1. The molecule has 0 bridgehead atoms. The Balaban J connectivity index is 1.86. The highest BCUT2D eigenvalue weighted by Gasteiger charge is 2.06. The van der Waals surface area contributed by atoms with Crippen LogP contribution in [-0.2, 0) is 11.3 Å². The van der Waals surface area contributed by atoms with Gasteiger partial charge in [-0.3, -0.25) is 4.79 Å². The van der Waals surface area contributed by atoms with Gasteiger partial charge in [-0.25, -0.2) is 9.98 Å². The third-order valence-electron chi connectivity index (χ3n) is 3.82. The first kappa shape index (κ1) is 21.2. The molecule has 0 atom stereocenters. The van der Waals surface area contributed by atoms with Crippen molar-refractivity contribution in [3.8, 4) is 5.75 Å². The van der Waals surface area contributed by atoms with Crippen molar-refractivity contribution < 1.29 is 9.53 Å². The normalized spacial score (nSPS) is 11.0. The molecule has 0 spiro atoms. The van der Waals surface area contributed by atoms with Gasteiger partial charge in [0.1, 0.15) is 11.6 Å². The van der Waals surface area contributed by atoms with E-state index >= 15 is 0 Å². The molecule has 0 aliphatic rings. The number of rotatable bonds is 9. The molecule has 150 valence electrons. The SMILES string of the molecule is CCNC(=NCc1ccccc1OCC)NCCC(=O)Nc1cccc(C)n1. The fourth-order valence-corrected chi connectivity index (χ4v) is 2.55. The summed E-state index contributed by atoms with van der Waals surface area (Å²) < 4.78 is 5.64. The molecule has 0 aliphatic carbocycles. The second kappa shape index (κ2) is 11.6. The van der Waals surface area contributed by atoms with E-state index in [2.05, 4.69) is 25.9 Å². The molecule has 2 aromatic rings. The zero-order valence-corrected chi connectivity index (χ0v) is 16.8. The lowest BCUT2D eigenvalue weighted by Gasteiger charge is -2.12. The molecule has 0 unspecified atom stereocenters. The van der Waals surface area contributed by atoms with Gasteiger partial charge in [-0.05, 0) is 39.0 Å². The Hall–Kier alpha value is -3.09. The number of guanidine groups is 1. The molecule has 0 aliphatic heterocycles. The van der Waals surface area contributed by atoms with Crippen LogP contribution < -0.4 is 20.7 Å². The number of aromatic nitrogens is 1. The van der Waals surface area contributed by atoms with E-state index in [1.54, 1.807) is 6.07 Å². The second-order valence-corrected chi connectivity index (χ2v) is 6.13. The number of carbonyl (C=O) groups is 1. The summed E-state index contributed by atoms with van der Waals surface area (Å²) in [5.41, 5.74) is 1.88. The van der Waals surface area contributed by atoms with Crippen molar-refractivity contribution >= 4 is 17.7 Å². The molecule has 0 fully saturated rings. The number of nitrogens with one attached hydrogen (secondary N) is 3. The summed E-state index contributed by atoms with van der Waals surface area (Å²) in [7, 11) is 0. The number of anilines is 1. The van der Waals surface area contributed by atoms with E-state index in [9.17, 15) is 4.79 Å². The fourth-order valence-electron chi connectivity index (χ4n) is 2.55. The third-order valence-corrected chi connectivity index (χ3v) is 3.82. The number of aryl methyl sites for hydroxylation is 1. The van der Waals surface area contributed by atoms with Crippen LogP contribution in [0, 0.1) is 6.92 Å². The predicted molar refractivity (Wildman–Crippen MR) is 113 cm³/mol. The van der Waals surface area contributed by atoms with Crippen LogP contribution in [0.2, 0.25) is 0 Å². The second-order valence-electron chi connectivity index (χ2n) is 6.13. The van der Waals surface area contributed by atoms with E-state index in [-0.39, 0.29) is 5.91 Å². The highest BCUT2D eigenvalue weighted by atomic mass is 16.5. The molecule has 0 saturated carbocycles. The van der Waals surface area contributed by atoms with Crippen molar-refractivity contribution in [2.24, 2.45) is 4.99 Å². The van der Waals surface area contributed by atoms with Crippen LogP contribution in [0.1, 0.15) is 31.5 Å². The van der Waals surface area contributed by atoms with E-state index in [1.807, 2.05) is 57.2 Å². The molecule has 3 N–H and O–H groups in total. The largest absolute Gasteiger partial charge is 0.494 e. The number of hydrogen-bond donors (Lipinski definition) is 3. The number of pyridine rings is 1. The van der Waals surface area contributed by atoms with Gasteiger partial charge in [-0.15, -0.1) is 0 Å². The Labute approximate surface area is 166 Å². The zero-order valence-electron chi connectivity index (χ0n) is 16.8. The van der Waals surface area contributed by atoms with Crippen molar-refractivity contribution in [2.75, 3.05) is 25.0 Å². The average molecular weight is 383 g/mol. The van der Waals surface area contributed by atoms with Crippen LogP contribution >= 0.6 is 0 Å². The number of nitrogens with zero attached hydrogens (tertiary/aromatic N) is 2. The maximum absolute atomic E-state index is 12.1. The molecule has 1 aromatic heterocycles. The number of aliphatic imine (C=N–C) groups is 1. The van der Waals surface area contributed by atoms with Crippen LogP contribution in [0.4, 0.5) is 5.82 Å². The highest BCUT2D eigenvalue weighted by Crippen LogP contribution is 2.18. The van der Waals surface area contributed by atoms with Gasteiger partial charge < -0.3 is 20.7 Å². The molecule has 0 radical (unpaired) electrons. The Kier molecular flexibility index (Phi) is 8.78. The van der Waals surface area contributed by atoms with E-state index < -0.39 is 0 Å². The lowest BCUT2D eigenvalue weighted by atomic mass is 10.2. The molecular weight excluding hydrogens is 354 g/mol. The standard InChI is InChI=1S/C21H29N5O2/c1-4-22-21(24-15-17-10-6-7-11-18(17)28-5-2)23-14-13-20(27)26-19-12-8-9-16(3)25-19/h6-12H,4-5,13-15H2,1-3H3,(H2,22,23,24)(H,25,26,27). The number of para-hydroxylation sites is 1. The highest BCUT2D eigenvalue weighted by molar-refractivity contribution is 5.90. The summed E-state index contributed by atoms with van der Waals surface area (Å²) in [6.07, 6.45) is 0.315. The van der Waals surface area contributed by atoms with Gasteiger partial charge in [-0.2, -0.15) is 0 Å². The van der Waals surface area contributed by atoms with Gasteiger partial charge in [-0.1, -0.05) is 24.3 Å².